The summed E-state index contributed by atoms with van der Waals surface area (Å²) in [6.07, 6.45) is 3.51. The fourth-order valence-corrected chi connectivity index (χ4v) is 5.33. The quantitative estimate of drug-likeness (QED) is 0.575. The number of nitrogens with zero attached hydrogens (tertiary/aromatic N) is 2. The van der Waals surface area contributed by atoms with Crippen molar-refractivity contribution in [2.75, 3.05) is 6.54 Å². The van der Waals surface area contributed by atoms with Crippen LogP contribution in [0.15, 0.2) is 77.7 Å². The van der Waals surface area contributed by atoms with Crippen molar-refractivity contribution in [2.24, 2.45) is 7.05 Å². The zero-order valence-electron chi connectivity index (χ0n) is 20.5. The third kappa shape index (κ3) is 5.00. The van der Waals surface area contributed by atoms with Crippen LogP contribution in [0.25, 0.3) is 11.1 Å². The summed E-state index contributed by atoms with van der Waals surface area (Å²) in [7, 11) is 1.74. The molecule has 1 fully saturated rings. The summed E-state index contributed by atoms with van der Waals surface area (Å²) >= 11 is 0. The smallest absolute Gasteiger partial charge is 0.250 e. The summed E-state index contributed by atoms with van der Waals surface area (Å²) in [6.45, 7) is 6.35. The molecule has 1 unspecified atom stereocenters. The molecule has 5 heteroatoms. The van der Waals surface area contributed by atoms with E-state index in [1.54, 1.807) is 23.9 Å². The Kier molecular flexibility index (Phi) is 6.50. The molecule has 2 atom stereocenters. The van der Waals surface area contributed by atoms with Gasteiger partial charge >= 0.3 is 0 Å². The first-order chi connectivity index (χ1) is 16.1. The topological polar surface area (TPSA) is 62.5 Å². The Hall–Kier alpha value is -3.18. The minimum atomic E-state index is -0.863. The molecule has 1 aliphatic heterocycles. The van der Waals surface area contributed by atoms with Crippen LogP contribution < -0.4 is 5.56 Å². The molecular weight excluding hydrogens is 424 g/mol. The number of pyridine rings is 1. The van der Waals surface area contributed by atoms with Crippen LogP contribution >= 0.6 is 0 Å². The first-order valence-corrected chi connectivity index (χ1v) is 11.9. The number of rotatable bonds is 6. The normalized spacial score (nSPS) is 19.8. The third-order valence-electron chi connectivity index (χ3n) is 7.10. The summed E-state index contributed by atoms with van der Waals surface area (Å²) in [5.74, 6) is 0.113. The third-order valence-corrected chi connectivity index (χ3v) is 7.10. The van der Waals surface area contributed by atoms with Crippen molar-refractivity contribution in [3.05, 3.63) is 94.4 Å². The van der Waals surface area contributed by atoms with Gasteiger partial charge in [-0.2, -0.15) is 0 Å². The van der Waals surface area contributed by atoms with E-state index in [1.807, 2.05) is 67.3 Å². The van der Waals surface area contributed by atoms with E-state index < -0.39 is 5.60 Å². The van der Waals surface area contributed by atoms with Crippen LogP contribution in [0.5, 0.6) is 0 Å². The first-order valence-electron chi connectivity index (χ1n) is 11.9. The Morgan fingerprint density at radius 1 is 1.00 bits per heavy atom. The van der Waals surface area contributed by atoms with E-state index in [1.165, 1.54) is 0 Å². The lowest BCUT2D eigenvalue weighted by molar-refractivity contribution is -0.139. The fourth-order valence-electron chi connectivity index (χ4n) is 5.33. The highest BCUT2D eigenvalue weighted by atomic mass is 16.3. The van der Waals surface area contributed by atoms with Gasteiger partial charge in [0.05, 0.1) is 11.6 Å². The lowest BCUT2D eigenvalue weighted by atomic mass is 9.66. The number of hydrogen-bond acceptors (Lipinski definition) is 3. The molecule has 0 radical (unpaired) electrons. The van der Waals surface area contributed by atoms with E-state index in [4.69, 9.17) is 0 Å². The van der Waals surface area contributed by atoms with E-state index in [0.717, 1.165) is 28.7 Å². The highest BCUT2D eigenvalue weighted by Crippen LogP contribution is 2.44. The van der Waals surface area contributed by atoms with Crippen LogP contribution in [0, 0.1) is 0 Å². The Morgan fingerprint density at radius 2 is 1.68 bits per heavy atom. The molecule has 1 aliphatic rings. The van der Waals surface area contributed by atoms with Gasteiger partial charge in [0.1, 0.15) is 0 Å². The highest BCUT2D eigenvalue weighted by molar-refractivity contribution is 5.79. The Labute approximate surface area is 201 Å². The second kappa shape index (κ2) is 9.22. The van der Waals surface area contributed by atoms with Crippen LogP contribution in [-0.2, 0) is 17.3 Å². The van der Waals surface area contributed by atoms with Gasteiger partial charge in [-0.1, -0.05) is 54.6 Å². The maximum atomic E-state index is 13.4. The van der Waals surface area contributed by atoms with E-state index in [9.17, 15) is 14.7 Å². The predicted octanol–water partition coefficient (Wildman–Crippen LogP) is 4.83. The number of amides is 1. The lowest BCUT2D eigenvalue weighted by Crippen LogP contribution is -2.49. The van der Waals surface area contributed by atoms with Crippen LogP contribution in [0.2, 0.25) is 0 Å². The van der Waals surface area contributed by atoms with Crippen molar-refractivity contribution in [1.29, 1.82) is 0 Å². The SMILES string of the molecule is C[C@@H](c1ccc(-c2ccn(C)c(=O)c2)cc1)N1CCC(CC(C)(C)O)(c2ccccc2)CC1=O. The Morgan fingerprint density at radius 3 is 2.26 bits per heavy atom. The predicted molar refractivity (Wildman–Crippen MR) is 136 cm³/mol. The molecule has 178 valence electrons. The number of carbonyl (C=O) groups is 1. The zero-order valence-corrected chi connectivity index (χ0v) is 20.5. The van der Waals surface area contributed by atoms with Crippen molar-refractivity contribution < 1.29 is 9.90 Å². The Bertz CT molecular complexity index is 1210. The minimum absolute atomic E-state index is 0.0400. The molecule has 1 saturated heterocycles. The molecular formula is C29H34N2O3. The summed E-state index contributed by atoms with van der Waals surface area (Å²) in [5.41, 5.74) is 2.78. The highest BCUT2D eigenvalue weighted by Gasteiger charge is 2.44. The van der Waals surface area contributed by atoms with E-state index in [2.05, 4.69) is 19.1 Å². The van der Waals surface area contributed by atoms with Crippen LogP contribution in [-0.4, -0.2) is 32.6 Å². The molecule has 0 aliphatic carbocycles. The molecule has 5 nitrogen and oxygen atoms in total. The monoisotopic (exact) mass is 458 g/mol. The fraction of sp³-hybridized carbons (Fsp3) is 0.379. The number of benzene rings is 2. The number of carbonyl (C=O) groups excluding carboxylic acids is 1. The molecule has 0 saturated carbocycles. The van der Waals surface area contributed by atoms with Crippen LogP contribution in [0.3, 0.4) is 0 Å². The van der Waals surface area contributed by atoms with E-state index >= 15 is 0 Å². The second-order valence-electron chi connectivity index (χ2n) is 10.3. The average molecular weight is 459 g/mol. The van der Waals surface area contributed by atoms with Gasteiger partial charge in [-0.05, 0) is 61.9 Å². The van der Waals surface area contributed by atoms with Gasteiger partial charge in [0.25, 0.3) is 5.56 Å². The molecule has 3 aromatic rings. The summed E-state index contributed by atoms with van der Waals surface area (Å²) in [6, 6.07) is 21.8. The second-order valence-corrected chi connectivity index (χ2v) is 10.3. The number of hydrogen-bond donors (Lipinski definition) is 1. The number of likely N-dealkylation sites (tertiary alicyclic amines) is 1. The van der Waals surface area contributed by atoms with E-state index in [0.29, 0.717) is 19.4 Å². The maximum absolute atomic E-state index is 13.4. The van der Waals surface area contributed by atoms with Gasteiger partial charge in [-0.15, -0.1) is 0 Å². The van der Waals surface area contributed by atoms with Crippen molar-refractivity contribution in [2.45, 2.75) is 57.1 Å². The number of piperidine rings is 1. The Balaban J connectivity index is 1.54. The van der Waals surface area contributed by atoms with Gasteiger partial charge < -0.3 is 14.6 Å². The molecule has 1 N–H and O–H groups in total. The average Bonchev–Trinajstić information content (AvgIpc) is 2.80. The number of aliphatic hydroxyl groups is 1. The van der Waals surface area contributed by atoms with E-state index in [-0.39, 0.29) is 22.9 Å². The summed E-state index contributed by atoms with van der Waals surface area (Å²) in [5, 5.41) is 10.6. The zero-order chi connectivity index (χ0) is 24.5. The molecule has 1 amide bonds. The van der Waals surface area contributed by atoms with Gasteiger partial charge in [0.15, 0.2) is 0 Å². The molecule has 34 heavy (non-hydrogen) atoms. The van der Waals surface area contributed by atoms with Crippen molar-refractivity contribution >= 4 is 5.91 Å². The minimum Gasteiger partial charge on any atom is -0.390 e. The van der Waals surface area contributed by atoms with Crippen molar-refractivity contribution in [3.8, 4) is 11.1 Å². The first kappa shape index (κ1) is 24.0. The standard InChI is InChI=1S/C29H34N2O3/c1-21(22-10-12-23(13-11-22)24-14-16-30(4)26(32)18-24)31-17-15-29(19-27(31)33,20-28(2,3)34)25-8-6-5-7-9-25/h5-14,16,18,21,34H,15,17,19-20H2,1-4H3/t21-,29?/m0/s1. The maximum Gasteiger partial charge on any atom is 0.250 e. The molecule has 4 rings (SSSR count). The number of aryl methyl sites for hydroxylation is 1. The van der Waals surface area contributed by atoms with Crippen LogP contribution in [0.4, 0.5) is 0 Å². The number of aromatic nitrogens is 1. The lowest BCUT2D eigenvalue weighted by Gasteiger charge is -2.46. The molecule has 2 aromatic carbocycles. The van der Waals surface area contributed by atoms with Crippen molar-refractivity contribution in [1.82, 2.24) is 9.47 Å². The van der Waals surface area contributed by atoms with Gasteiger partial charge in [-0.3, -0.25) is 9.59 Å². The summed E-state index contributed by atoms with van der Waals surface area (Å²) in [4.78, 5) is 27.4. The molecule has 1 aromatic heterocycles. The summed E-state index contributed by atoms with van der Waals surface area (Å²) < 4.78 is 1.55. The molecule has 0 spiro atoms. The largest absolute Gasteiger partial charge is 0.390 e. The molecule has 2 heterocycles. The molecule has 0 bridgehead atoms. The van der Waals surface area contributed by atoms with Crippen LogP contribution in [0.1, 0.15) is 57.2 Å². The van der Waals surface area contributed by atoms with Gasteiger partial charge in [0, 0.05) is 37.7 Å². The van der Waals surface area contributed by atoms with Crippen molar-refractivity contribution in [3.63, 3.8) is 0 Å². The van der Waals surface area contributed by atoms with Gasteiger partial charge in [-0.25, -0.2) is 0 Å². The van der Waals surface area contributed by atoms with Gasteiger partial charge in [0.2, 0.25) is 5.91 Å².